The number of rotatable bonds is 9. The van der Waals surface area contributed by atoms with E-state index in [4.69, 9.17) is 5.73 Å². The van der Waals surface area contributed by atoms with Crippen molar-refractivity contribution in [3.8, 4) is 0 Å². The third-order valence-corrected chi connectivity index (χ3v) is 3.66. The number of nitrogens with one attached hydrogen (secondary N) is 1. The predicted molar refractivity (Wildman–Crippen MR) is 95.4 cm³/mol. The first kappa shape index (κ1) is 21.4. The van der Waals surface area contributed by atoms with Gasteiger partial charge in [-0.1, -0.05) is 30.3 Å². The van der Waals surface area contributed by atoms with Crippen molar-refractivity contribution in [1.29, 1.82) is 0 Å². The number of amides is 2. The fourth-order valence-corrected chi connectivity index (χ4v) is 2.26. The topological polar surface area (TPSA) is 75.4 Å². The van der Waals surface area contributed by atoms with Crippen LogP contribution < -0.4 is 11.1 Å². The van der Waals surface area contributed by atoms with Gasteiger partial charge in [0.05, 0.1) is 0 Å². The summed E-state index contributed by atoms with van der Waals surface area (Å²) in [5.74, 6) is 0.0533. The molecule has 2 amide bonds. The minimum atomic E-state index is -0.206. The van der Waals surface area contributed by atoms with E-state index >= 15 is 0 Å². The van der Waals surface area contributed by atoms with Crippen LogP contribution in [0.1, 0.15) is 44.7 Å². The molecular formula is C17H28ClN3O2. The molecule has 3 N–H and O–H groups in total. The van der Waals surface area contributed by atoms with E-state index in [0.717, 1.165) is 5.56 Å². The Hall–Kier alpha value is -1.59. The molecule has 6 heteroatoms. The summed E-state index contributed by atoms with van der Waals surface area (Å²) < 4.78 is 0. The second-order valence-corrected chi connectivity index (χ2v) is 5.24. The van der Waals surface area contributed by atoms with Gasteiger partial charge < -0.3 is 16.0 Å². The first-order valence-electron chi connectivity index (χ1n) is 7.93. The highest BCUT2D eigenvalue weighted by atomic mass is 35.5. The predicted octanol–water partition coefficient (Wildman–Crippen LogP) is 2.26. The van der Waals surface area contributed by atoms with E-state index in [1.54, 1.807) is 4.90 Å². The van der Waals surface area contributed by atoms with Crippen LogP contribution in [0.3, 0.4) is 0 Å². The van der Waals surface area contributed by atoms with Crippen LogP contribution in [0.2, 0.25) is 0 Å². The monoisotopic (exact) mass is 341 g/mol. The number of carbonyl (C=O) groups excluding carboxylic acids is 2. The van der Waals surface area contributed by atoms with Gasteiger partial charge in [0.2, 0.25) is 11.8 Å². The molecule has 0 aromatic heterocycles. The quantitative estimate of drug-likeness (QED) is 0.723. The molecule has 0 heterocycles. The van der Waals surface area contributed by atoms with E-state index in [1.807, 2.05) is 44.2 Å². The minimum absolute atomic E-state index is 0. The van der Waals surface area contributed by atoms with Gasteiger partial charge in [0, 0.05) is 38.5 Å². The zero-order valence-electron chi connectivity index (χ0n) is 14.0. The third kappa shape index (κ3) is 8.00. The maximum Gasteiger partial charge on any atom is 0.222 e. The molecule has 0 spiro atoms. The van der Waals surface area contributed by atoms with Gasteiger partial charge >= 0.3 is 0 Å². The molecule has 1 unspecified atom stereocenters. The van der Waals surface area contributed by atoms with Crippen molar-refractivity contribution in [2.24, 2.45) is 5.73 Å². The van der Waals surface area contributed by atoms with Gasteiger partial charge in [-0.15, -0.1) is 12.4 Å². The van der Waals surface area contributed by atoms with Gasteiger partial charge in [-0.05, 0) is 25.8 Å². The van der Waals surface area contributed by atoms with Gasteiger partial charge in [-0.3, -0.25) is 9.59 Å². The number of carbonyl (C=O) groups is 2. The van der Waals surface area contributed by atoms with Crippen LogP contribution in [0.25, 0.3) is 0 Å². The van der Waals surface area contributed by atoms with Crippen LogP contribution in [0.5, 0.6) is 0 Å². The maximum absolute atomic E-state index is 11.8. The second kappa shape index (κ2) is 11.9. The molecule has 1 aromatic rings. The van der Waals surface area contributed by atoms with Crippen LogP contribution in [0.15, 0.2) is 30.3 Å². The van der Waals surface area contributed by atoms with Crippen molar-refractivity contribution in [3.05, 3.63) is 35.9 Å². The molecule has 0 aliphatic heterocycles. The Morgan fingerprint density at radius 3 is 2.30 bits per heavy atom. The fraction of sp³-hybridized carbons (Fsp3) is 0.529. The van der Waals surface area contributed by atoms with E-state index in [9.17, 15) is 9.59 Å². The number of nitrogens with two attached hydrogens (primary N) is 1. The molecule has 0 saturated carbocycles. The van der Waals surface area contributed by atoms with Crippen molar-refractivity contribution in [3.63, 3.8) is 0 Å². The lowest BCUT2D eigenvalue weighted by Gasteiger charge is -2.18. The van der Waals surface area contributed by atoms with E-state index in [0.29, 0.717) is 38.9 Å². The summed E-state index contributed by atoms with van der Waals surface area (Å²) >= 11 is 0. The van der Waals surface area contributed by atoms with Crippen molar-refractivity contribution in [1.82, 2.24) is 10.2 Å². The molecule has 1 rings (SSSR count). The van der Waals surface area contributed by atoms with Crippen LogP contribution in [-0.2, 0) is 9.59 Å². The Labute approximate surface area is 145 Å². The molecule has 0 aliphatic carbocycles. The van der Waals surface area contributed by atoms with Gasteiger partial charge in [0.25, 0.3) is 0 Å². The molecule has 0 radical (unpaired) electrons. The Morgan fingerprint density at radius 1 is 1.13 bits per heavy atom. The average Bonchev–Trinajstić information content (AvgIpc) is 2.54. The van der Waals surface area contributed by atoms with Crippen LogP contribution in [0, 0.1) is 0 Å². The molecule has 0 aliphatic rings. The van der Waals surface area contributed by atoms with Gasteiger partial charge in [0.1, 0.15) is 0 Å². The lowest BCUT2D eigenvalue weighted by Crippen LogP contribution is -2.32. The van der Waals surface area contributed by atoms with E-state index in [1.165, 1.54) is 0 Å². The number of halogens is 1. The summed E-state index contributed by atoms with van der Waals surface area (Å²) in [6.07, 6.45) is 1.34. The van der Waals surface area contributed by atoms with Gasteiger partial charge in [-0.2, -0.15) is 0 Å². The summed E-state index contributed by atoms with van der Waals surface area (Å²) in [5.41, 5.74) is 7.02. The first-order chi connectivity index (χ1) is 10.6. The fourth-order valence-electron chi connectivity index (χ4n) is 2.26. The molecule has 0 bridgehead atoms. The molecule has 5 nitrogen and oxygen atoms in total. The van der Waals surface area contributed by atoms with Crippen molar-refractivity contribution in [2.75, 3.05) is 19.6 Å². The highest BCUT2D eigenvalue weighted by molar-refractivity contribution is 5.85. The van der Waals surface area contributed by atoms with Crippen LogP contribution in [0.4, 0.5) is 0 Å². The van der Waals surface area contributed by atoms with Crippen molar-refractivity contribution >= 4 is 24.2 Å². The first-order valence-corrected chi connectivity index (χ1v) is 7.93. The van der Waals surface area contributed by atoms with Gasteiger partial charge in [0.15, 0.2) is 0 Å². The second-order valence-electron chi connectivity index (χ2n) is 5.24. The summed E-state index contributed by atoms with van der Waals surface area (Å²) in [5, 5.41) is 2.82. The Kier molecular flexibility index (Phi) is 11.1. The highest BCUT2D eigenvalue weighted by Crippen LogP contribution is 2.08. The normalized spacial score (nSPS) is 11.3. The standard InChI is InChI=1S/C17H27N3O2.ClH/c1-3-20(4-2)17(22)12-8-11-16(21)19-13-15(18)14-9-6-5-7-10-14;/h5-7,9-10,15H,3-4,8,11-13,18H2,1-2H3,(H,19,21);1H. The molecule has 23 heavy (non-hydrogen) atoms. The molecule has 130 valence electrons. The van der Waals surface area contributed by atoms with Crippen molar-refractivity contribution < 1.29 is 9.59 Å². The summed E-state index contributed by atoms with van der Waals surface area (Å²) in [6.45, 7) is 5.76. The summed E-state index contributed by atoms with van der Waals surface area (Å²) in [4.78, 5) is 25.4. The average molecular weight is 342 g/mol. The summed E-state index contributed by atoms with van der Waals surface area (Å²) in [7, 11) is 0. The number of benzene rings is 1. The van der Waals surface area contributed by atoms with E-state index in [2.05, 4.69) is 5.32 Å². The zero-order chi connectivity index (χ0) is 16.4. The van der Waals surface area contributed by atoms with Gasteiger partial charge in [-0.25, -0.2) is 0 Å². The summed E-state index contributed by atoms with van der Waals surface area (Å²) in [6, 6.07) is 9.47. The lowest BCUT2D eigenvalue weighted by molar-refractivity contribution is -0.131. The number of nitrogens with zero attached hydrogens (tertiary/aromatic N) is 1. The zero-order valence-corrected chi connectivity index (χ0v) is 14.8. The molecular weight excluding hydrogens is 314 g/mol. The maximum atomic E-state index is 11.8. The van der Waals surface area contributed by atoms with E-state index in [-0.39, 0.29) is 30.3 Å². The highest BCUT2D eigenvalue weighted by Gasteiger charge is 2.11. The Morgan fingerprint density at radius 2 is 1.74 bits per heavy atom. The third-order valence-electron chi connectivity index (χ3n) is 3.66. The minimum Gasteiger partial charge on any atom is -0.354 e. The van der Waals surface area contributed by atoms with E-state index < -0.39 is 0 Å². The Bertz CT molecular complexity index is 464. The molecule has 1 aromatic carbocycles. The molecule has 0 fully saturated rings. The SMILES string of the molecule is CCN(CC)C(=O)CCCC(=O)NCC(N)c1ccccc1.Cl. The molecule has 0 saturated heterocycles. The number of hydrogen-bond acceptors (Lipinski definition) is 3. The Balaban J connectivity index is 0.00000484. The lowest BCUT2D eigenvalue weighted by atomic mass is 10.1. The van der Waals surface area contributed by atoms with Crippen molar-refractivity contribution in [2.45, 2.75) is 39.2 Å². The molecule has 1 atom stereocenters. The van der Waals surface area contributed by atoms with Crippen LogP contribution >= 0.6 is 12.4 Å². The largest absolute Gasteiger partial charge is 0.354 e. The van der Waals surface area contributed by atoms with Crippen LogP contribution in [-0.4, -0.2) is 36.3 Å². The smallest absolute Gasteiger partial charge is 0.222 e. The number of hydrogen-bond donors (Lipinski definition) is 2.